The van der Waals surface area contributed by atoms with Crippen LogP contribution in [0, 0.1) is 6.92 Å². The van der Waals surface area contributed by atoms with Gasteiger partial charge in [-0.05, 0) is 72.6 Å². The van der Waals surface area contributed by atoms with Gasteiger partial charge in [0.1, 0.15) is 30.4 Å². The summed E-state index contributed by atoms with van der Waals surface area (Å²) in [4.78, 5) is 20.7. The standard InChI is InChI=1S/C39H33N3O6/c1-25-31(41-38(47-25)28-9-4-3-5-10-28)24-46-34-20-17-27(21-36(34)44-2)22-42-32-12-7-6-11-30(32)37-33(42)13-8-14-35(37)45-23-26-15-18-29(19-16-26)39(43)48-40/h3-21H,22-24,40H2,1-2H3. The monoisotopic (exact) mass is 639 g/mol. The van der Waals surface area contributed by atoms with Gasteiger partial charge in [-0.15, -0.1) is 0 Å². The predicted octanol–water partition coefficient (Wildman–Crippen LogP) is 8.00. The van der Waals surface area contributed by atoms with Crippen LogP contribution in [-0.4, -0.2) is 22.6 Å². The number of carbonyl (C=O) groups excluding carboxylic acids is 1. The summed E-state index contributed by atoms with van der Waals surface area (Å²) in [7, 11) is 1.64. The van der Waals surface area contributed by atoms with E-state index in [0.717, 1.165) is 49.9 Å². The number of rotatable bonds is 11. The van der Waals surface area contributed by atoms with E-state index in [-0.39, 0.29) is 6.61 Å². The third-order valence-electron chi connectivity index (χ3n) is 8.30. The number of para-hydroxylation sites is 1. The molecule has 0 saturated heterocycles. The number of aryl methyl sites for hydroxylation is 1. The van der Waals surface area contributed by atoms with Crippen molar-refractivity contribution in [3.05, 3.63) is 143 Å². The van der Waals surface area contributed by atoms with Gasteiger partial charge in [-0.3, -0.25) is 0 Å². The molecule has 2 aromatic heterocycles. The van der Waals surface area contributed by atoms with Crippen LogP contribution in [0.15, 0.2) is 120 Å². The third-order valence-corrected chi connectivity index (χ3v) is 8.30. The zero-order valence-corrected chi connectivity index (χ0v) is 26.5. The molecule has 0 atom stereocenters. The zero-order valence-electron chi connectivity index (χ0n) is 26.5. The van der Waals surface area contributed by atoms with Gasteiger partial charge < -0.3 is 28.0 Å². The molecular weight excluding hydrogens is 606 g/mol. The normalized spacial score (nSPS) is 11.1. The molecular formula is C39H33N3O6. The molecule has 0 aliphatic carbocycles. The number of carbonyl (C=O) groups is 1. The van der Waals surface area contributed by atoms with Gasteiger partial charge in [0.15, 0.2) is 11.5 Å². The lowest BCUT2D eigenvalue weighted by Gasteiger charge is -2.13. The van der Waals surface area contributed by atoms with E-state index in [2.05, 4.69) is 32.6 Å². The Morgan fingerprint density at radius 2 is 1.50 bits per heavy atom. The van der Waals surface area contributed by atoms with Crippen molar-refractivity contribution in [2.24, 2.45) is 5.90 Å². The van der Waals surface area contributed by atoms with Crippen LogP contribution < -0.4 is 20.1 Å². The highest BCUT2D eigenvalue weighted by Crippen LogP contribution is 2.37. The van der Waals surface area contributed by atoms with Crippen LogP contribution >= 0.6 is 0 Å². The molecule has 0 aliphatic rings. The third kappa shape index (κ3) is 6.06. The number of nitrogens with zero attached hydrogens (tertiary/aromatic N) is 2. The molecule has 9 heteroatoms. The van der Waals surface area contributed by atoms with Crippen LogP contribution in [0.25, 0.3) is 33.3 Å². The molecule has 48 heavy (non-hydrogen) atoms. The van der Waals surface area contributed by atoms with Crippen molar-refractivity contribution in [2.45, 2.75) is 26.7 Å². The Morgan fingerprint density at radius 3 is 2.29 bits per heavy atom. The lowest BCUT2D eigenvalue weighted by molar-refractivity contribution is 0.0503. The molecule has 0 aliphatic heterocycles. The summed E-state index contributed by atoms with van der Waals surface area (Å²) in [5.41, 5.74) is 6.12. The van der Waals surface area contributed by atoms with Crippen LogP contribution in [-0.2, 0) is 24.6 Å². The van der Waals surface area contributed by atoms with E-state index >= 15 is 0 Å². The van der Waals surface area contributed by atoms with E-state index in [1.54, 1.807) is 19.2 Å². The van der Waals surface area contributed by atoms with Gasteiger partial charge >= 0.3 is 5.97 Å². The maximum atomic E-state index is 11.7. The SMILES string of the molecule is COc1cc(Cn2c3ccccc3c3c(OCc4ccc(C(=O)ON)cc4)cccc32)ccc1OCc1nc(-c2ccccc2)oc1C. The first-order valence-corrected chi connectivity index (χ1v) is 15.5. The molecule has 240 valence electrons. The summed E-state index contributed by atoms with van der Waals surface area (Å²) >= 11 is 0. The first kappa shape index (κ1) is 30.6. The summed E-state index contributed by atoms with van der Waals surface area (Å²) in [6.07, 6.45) is 0. The minimum Gasteiger partial charge on any atom is -0.493 e. The Balaban J connectivity index is 1.12. The molecule has 0 unspecified atom stereocenters. The summed E-state index contributed by atoms with van der Waals surface area (Å²) in [6.45, 7) is 3.07. The van der Waals surface area contributed by atoms with Crippen molar-refractivity contribution in [1.82, 2.24) is 9.55 Å². The summed E-state index contributed by atoms with van der Waals surface area (Å²) in [5.74, 6) is 7.73. The second-order valence-electron chi connectivity index (χ2n) is 11.3. The van der Waals surface area contributed by atoms with E-state index in [1.807, 2.05) is 91.9 Å². The molecule has 9 nitrogen and oxygen atoms in total. The summed E-state index contributed by atoms with van der Waals surface area (Å²) in [5, 5.41) is 2.12. The largest absolute Gasteiger partial charge is 0.493 e. The van der Waals surface area contributed by atoms with E-state index < -0.39 is 5.97 Å². The van der Waals surface area contributed by atoms with E-state index in [1.165, 1.54) is 0 Å². The van der Waals surface area contributed by atoms with Crippen LogP contribution in [0.3, 0.4) is 0 Å². The Hall–Kier alpha value is -6.06. The minimum atomic E-state index is -0.584. The van der Waals surface area contributed by atoms with Crippen molar-refractivity contribution < 1.29 is 28.3 Å². The van der Waals surface area contributed by atoms with Gasteiger partial charge in [-0.25, -0.2) is 9.78 Å². The van der Waals surface area contributed by atoms with E-state index in [0.29, 0.717) is 41.9 Å². The summed E-state index contributed by atoms with van der Waals surface area (Å²) in [6, 6.07) is 37.2. The van der Waals surface area contributed by atoms with Gasteiger partial charge in [0.05, 0.1) is 18.2 Å². The van der Waals surface area contributed by atoms with Crippen LogP contribution in [0.5, 0.6) is 17.2 Å². The van der Waals surface area contributed by atoms with E-state index in [9.17, 15) is 4.79 Å². The lowest BCUT2D eigenvalue weighted by atomic mass is 10.1. The highest BCUT2D eigenvalue weighted by atomic mass is 16.7. The number of methoxy groups -OCH3 is 1. The number of benzene rings is 5. The molecule has 0 saturated carbocycles. The van der Waals surface area contributed by atoms with Crippen LogP contribution in [0.2, 0.25) is 0 Å². The molecule has 5 aromatic carbocycles. The van der Waals surface area contributed by atoms with Crippen molar-refractivity contribution in [1.29, 1.82) is 0 Å². The van der Waals surface area contributed by atoms with Crippen molar-refractivity contribution >= 4 is 27.8 Å². The molecule has 0 fully saturated rings. The highest BCUT2D eigenvalue weighted by Gasteiger charge is 2.17. The fourth-order valence-corrected chi connectivity index (χ4v) is 5.85. The maximum absolute atomic E-state index is 11.7. The van der Waals surface area contributed by atoms with Gasteiger partial charge in [-0.1, -0.05) is 60.7 Å². The van der Waals surface area contributed by atoms with Crippen molar-refractivity contribution in [3.63, 3.8) is 0 Å². The van der Waals surface area contributed by atoms with Gasteiger partial charge in [0.2, 0.25) is 5.89 Å². The molecule has 0 radical (unpaired) electrons. The first-order valence-electron chi connectivity index (χ1n) is 15.5. The Kier molecular flexibility index (Phi) is 8.51. The van der Waals surface area contributed by atoms with Gasteiger partial charge in [0.25, 0.3) is 0 Å². The lowest BCUT2D eigenvalue weighted by Crippen LogP contribution is -2.10. The van der Waals surface area contributed by atoms with Gasteiger partial charge in [0, 0.05) is 28.4 Å². The molecule has 2 heterocycles. The molecule has 0 spiro atoms. The Morgan fingerprint density at radius 1 is 0.771 bits per heavy atom. The Bertz CT molecular complexity index is 2220. The maximum Gasteiger partial charge on any atom is 0.356 e. The van der Waals surface area contributed by atoms with Crippen molar-refractivity contribution in [3.8, 4) is 28.7 Å². The highest BCUT2D eigenvalue weighted by molar-refractivity contribution is 6.11. The smallest absolute Gasteiger partial charge is 0.356 e. The quantitative estimate of drug-likeness (QED) is 0.142. The molecule has 0 bridgehead atoms. The average molecular weight is 640 g/mol. The van der Waals surface area contributed by atoms with Crippen molar-refractivity contribution in [2.75, 3.05) is 7.11 Å². The molecule has 7 rings (SSSR count). The second kappa shape index (κ2) is 13.4. The molecule has 0 amide bonds. The average Bonchev–Trinajstić information content (AvgIpc) is 3.67. The fraction of sp³-hybridized carbons (Fsp3) is 0.128. The summed E-state index contributed by atoms with van der Waals surface area (Å²) < 4.78 is 26.5. The Labute approximate surface area is 277 Å². The first-order chi connectivity index (χ1) is 23.5. The fourth-order valence-electron chi connectivity index (χ4n) is 5.85. The number of ether oxygens (including phenoxy) is 3. The number of hydrogen-bond acceptors (Lipinski definition) is 8. The number of hydrogen-bond donors (Lipinski definition) is 1. The van der Waals surface area contributed by atoms with E-state index in [4.69, 9.17) is 24.5 Å². The molecule has 7 aromatic rings. The number of nitrogens with two attached hydrogens (primary N) is 1. The van der Waals surface area contributed by atoms with Crippen LogP contribution in [0.4, 0.5) is 0 Å². The zero-order chi connectivity index (χ0) is 33.0. The minimum absolute atomic E-state index is 0.248. The van der Waals surface area contributed by atoms with Gasteiger partial charge in [-0.2, -0.15) is 5.90 Å². The number of aromatic nitrogens is 2. The second-order valence-corrected chi connectivity index (χ2v) is 11.3. The number of fused-ring (bicyclic) bond motifs is 3. The molecule has 2 N–H and O–H groups in total. The predicted molar refractivity (Wildman–Crippen MR) is 183 cm³/mol. The number of oxazole rings is 1. The topological polar surface area (TPSA) is 111 Å². The van der Waals surface area contributed by atoms with Crippen LogP contribution in [0.1, 0.15) is 32.9 Å².